The van der Waals surface area contributed by atoms with Gasteiger partial charge in [-0.2, -0.15) is 0 Å². The molecule has 2 heterocycles. The number of benzene rings is 2. The molecule has 0 spiro atoms. The molecule has 0 unspecified atom stereocenters. The van der Waals surface area contributed by atoms with E-state index in [-0.39, 0.29) is 11.1 Å². The summed E-state index contributed by atoms with van der Waals surface area (Å²) in [6.45, 7) is 0.421. The number of carbonyl (C=O) groups is 2. The minimum absolute atomic E-state index is 0.223. The Morgan fingerprint density at radius 1 is 0.893 bits per heavy atom. The van der Waals surface area contributed by atoms with Crippen LogP contribution in [0.15, 0.2) is 82.1 Å². The van der Waals surface area contributed by atoms with Crippen molar-refractivity contribution in [1.29, 1.82) is 0 Å². The molecule has 0 saturated carbocycles. The van der Waals surface area contributed by atoms with Gasteiger partial charge >= 0.3 is 0 Å². The van der Waals surface area contributed by atoms with E-state index in [2.05, 4.69) is 12.1 Å². The van der Waals surface area contributed by atoms with Crippen molar-refractivity contribution in [2.45, 2.75) is 12.8 Å². The lowest BCUT2D eigenvalue weighted by molar-refractivity contribution is -0.122. The molecule has 0 aliphatic carbocycles. The first-order valence-electron chi connectivity index (χ1n) is 9.15. The third kappa shape index (κ3) is 4.10. The summed E-state index contributed by atoms with van der Waals surface area (Å²) in [6, 6.07) is 23.5. The first-order valence-corrected chi connectivity index (χ1v) is 9.97. The molecule has 0 radical (unpaired) electrons. The highest BCUT2D eigenvalue weighted by atomic mass is 32.2. The van der Waals surface area contributed by atoms with E-state index >= 15 is 0 Å². The van der Waals surface area contributed by atoms with Gasteiger partial charge in [-0.05, 0) is 42.3 Å². The summed E-state index contributed by atoms with van der Waals surface area (Å²) in [7, 11) is 0. The number of rotatable bonds is 6. The molecule has 1 fully saturated rings. The summed E-state index contributed by atoms with van der Waals surface area (Å²) in [6.07, 6.45) is 3.23. The largest absolute Gasteiger partial charge is 0.457 e. The number of aryl methyl sites for hydroxylation is 1. The normalized spacial score (nSPS) is 15.6. The van der Waals surface area contributed by atoms with Gasteiger partial charge in [-0.25, -0.2) is 0 Å². The van der Waals surface area contributed by atoms with Crippen LogP contribution >= 0.6 is 11.8 Å². The van der Waals surface area contributed by atoms with E-state index in [1.165, 1.54) is 10.5 Å². The van der Waals surface area contributed by atoms with Crippen molar-refractivity contribution in [2.24, 2.45) is 0 Å². The highest BCUT2D eigenvalue weighted by molar-refractivity contribution is 8.18. The van der Waals surface area contributed by atoms with Gasteiger partial charge in [0.2, 0.25) is 0 Å². The zero-order valence-electron chi connectivity index (χ0n) is 15.2. The number of nitrogens with zero attached hydrogens (tertiary/aromatic N) is 1. The van der Waals surface area contributed by atoms with Gasteiger partial charge in [-0.15, -0.1) is 0 Å². The molecule has 1 aliphatic heterocycles. The van der Waals surface area contributed by atoms with E-state index in [4.69, 9.17) is 4.42 Å². The van der Waals surface area contributed by atoms with E-state index < -0.39 is 0 Å². The topological polar surface area (TPSA) is 50.5 Å². The molecule has 2 aromatic carbocycles. The first kappa shape index (κ1) is 18.3. The van der Waals surface area contributed by atoms with Crippen molar-refractivity contribution in [3.8, 4) is 11.3 Å². The zero-order chi connectivity index (χ0) is 19.3. The monoisotopic (exact) mass is 389 g/mol. The Bertz CT molecular complexity index is 1010. The Kier molecular flexibility index (Phi) is 5.44. The molecule has 5 heteroatoms. The van der Waals surface area contributed by atoms with Crippen LogP contribution < -0.4 is 0 Å². The molecule has 2 amide bonds. The average Bonchev–Trinajstić information content (AvgIpc) is 3.30. The maximum absolute atomic E-state index is 12.6. The molecule has 140 valence electrons. The smallest absolute Gasteiger partial charge is 0.293 e. The molecule has 1 saturated heterocycles. The Morgan fingerprint density at radius 2 is 1.61 bits per heavy atom. The van der Waals surface area contributed by atoms with Crippen LogP contribution in [-0.4, -0.2) is 22.6 Å². The number of carbonyl (C=O) groups excluding carboxylic acids is 2. The van der Waals surface area contributed by atoms with Crippen LogP contribution in [0.2, 0.25) is 0 Å². The summed E-state index contributed by atoms with van der Waals surface area (Å²) in [5.74, 6) is 1.04. The standard InChI is InChI=1S/C23H19NO3S/c25-22-21(16-19-13-14-20(27-19)18-11-5-2-6-12-18)28-23(26)24(22)15-7-10-17-8-3-1-4-9-17/h1-6,8-9,11-14,16H,7,10,15H2/b21-16+. The lowest BCUT2D eigenvalue weighted by atomic mass is 10.1. The predicted molar refractivity (Wildman–Crippen MR) is 112 cm³/mol. The Hall–Kier alpha value is -3.05. The highest BCUT2D eigenvalue weighted by Gasteiger charge is 2.34. The van der Waals surface area contributed by atoms with Gasteiger partial charge < -0.3 is 4.42 Å². The molecular formula is C23H19NO3S. The van der Waals surface area contributed by atoms with E-state index in [1.54, 1.807) is 6.08 Å². The summed E-state index contributed by atoms with van der Waals surface area (Å²) in [4.78, 5) is 26.6. The third-order valence-electron chi connectivity index (χ3n) is 4.52. The number of furan rings is 1. The van der Waals surface area contributed by atoms with Crippen LogP contribution in [0.4, 0.5) is 4.79 Å². The van der Waals surface area contributed by atoms with Gasteiger partial charge in [0.15, 0.2) is 0 Å². The summed E-state index contributed by atoms with van der Waals surface area (Å²) < 4.78 is 5.82. The second-order valence-electron chi connectivity index (χ2n) is 6.49. The third-order valence-corrected chi connectivity index (χ3v) is 5.43. The number of hydrogen-bond donors (Lipinski definition) is 0. The van der Waals surface area contributed by atoms with Gasteiger partial charge in [0.25, 0.3) is 11.1 Å². The molecule has 28 heavy (non-hydrogen) atoms. The fourth-order valence-corrected chi connectivity index (χ4v) is 3.94. The number of imide groups is 1. The van der Waals surface area contributed by atoms with E-state index in [0.29, 0.717) is 17.2 Å². The summed E-state index contributed by atoms with van der Waals surface area (Å²) in [5.41, 5.74) is 2.17. The second-order valence-corrected chi connectivity index (χ2v) is 7.48. The minimum atomic E-state index is -0.249. The van der Waals surface area contributed by atoms with Crippen molar-refractivity contribution in [2.75, 3.05) is 6.54 Å². The quantitative estimate of drug-likeness (QED) is 0.514. The SMILES string of the molecule is O=C1S/C(=C/c2ccc(-c3ccccc3)o2)C(=O)N1CCCc1ccccc1. The molecule has 1 aromatic heterocycles. The lowest BCUT2D eigenvalue weighted by Gasteiger charge is -2.11. The molecule has 1 aliphatic rings. The van der Waals surface area contributed by atoms with Crippen molar-refractivity contribution in [3.05, 3.63) is 89.0 Å². The van der Waals surface area contributed by atoms with Crippen LogP contribution in [-0.2, 0) is 11.2 Å². The Labute approximate surface area is 167 Å². The van der Waals surface area contributed by atoms with Gasteiger partial charge in [-0.3, -0.25) is 14.5 Å². The number of hydrogen-bond acceptors (Lipinski definition) is 4. The van der Waals surface area contributed by atoms with Crippen LogP contribution in [0, 0.1) is 0 Å². The number of amides is 2. The highest BCUT2D eigenvalue weighted by Crippen LogP contribution is 2.33. The molecule has 0 N–H and O–H groups in total. The maximum Gasteiger partial charge on any atom is 0.293 e. The fourth-order valence-electron chi connectivity index (χ4n) is 3.10. The van der Waals surface area contributed by atoms with Gasteiger partial charge in [0.05, 0.1) is 4.91 Å². The minimum Gasteiger partial charge on any atom is -0.457 e. The Balaban J connectivity index is 1.41. The average molecular weight is 389 g/mol. The van der Waals surface area contributed by atoms with Gasteiger partial charge in [0, 0.05) is 18.2 Å². The first-order chi connectivity index (χ1) is 13.7. The van der Waals surface area contributed by atoms with Crippen molar-refractivity contribution in [1.82, 2.24) is 4.90 Å². The zero-order valence-corrected chi connectivity index (χ0v) is 16.0. The second kappa shape index (κ2) is 8.31. The molecule has 4 nitrogen and oxygen atoms in total. The molecular weight excluding hydrogens is 370 g/mol. The Morgan fingerprint density at radius 3 is 2.36 bits per heavy atom. The van der Waals surface area contributed by atoms with Crippen LogP contribution in [0.5, 0.6) is 0 Å². The van der Waals surface area contributed by atoms with Gasteiger partial charge in [0.1, 0.15) is 11.5 Å². The predicted octanol–water partition coefficient (Wildman–Crippen LogP) is 5.62. The molecule has 4 rings (SSSR count). The van der Waals surface area contributed by atoms with Crippen molar-refractivity contribution < 1.29 is 14.0 Å². The summed E-state index contributed by atoms with van der Waals surface area (Å²) >= 11 is 0.966. The van der Waals surface area contributed by atoms with Crippen LogP contribution in [0.25, 0.3) is 17.4 Å². The maximum atomic E-state index is 12.6. The molecule has 0 bridgehead atoms. The van der Waals surface area contributed by atoms with Crippen molar-refractivity contribution >= 4 is 29.0 Å². The molecule has 0 atom stereocenters. The van der Waals surface area contributed by atoms with Crippen LogP contribution in [0.1, 0.15) is 17.7 Å². The van der Waals surface area contributed by atoms with Gasteiger partial charge in [-0.1, -0.05) is 60.7 Å². The fraction of sp³-hybridized carbons (Fsp3) is 0.130. The van der Waals surface area contributed by atoms with E-state index in [0.717, 1.165) is 35.9 Å². The van der Waals surface area contributed by atoms with E-state index in [1.807, 2.05) is 60.7 Å². The molecule has 3 aromatic rings. The van der Waals surface area contributed by atoms with Crippen molar-refractivity contribution in [3.63, 3.8) is 0 Å². The lowest BCUT2D eigenvalue weighted by Crippen LogP contribution is -2.29. The van der Waals surface area contributed by atoms with E-state index in [9.17, 15) is 9.59 Å². The van der Waals surface area contributed by atoms with Crippen LogP contribution in [0.3, 0.4) is 0 Å². The number of thioether (sulfide) groups is 1. The summed E-state index contributed by atoms with van der Waals surface area (Å²) in [5, 5.41) is -0.223.